The van der Waals surface area contributed by atoms with Crippen LogP contribution in [-0.2, 0) is 5.41 Å². The van der Waals surface area contributed by atoms with Crippen molar-refractivity contribution in [2.24, 2.45) is 17.8 Å². The van der Waals surface area contributed by atoms with Gasteiger partial charge in [-0.15, -0.1) is 0 Å². The van der Waals surface area contributed by atoms with Crippen LogP contribution in [0.25, 0.3) is 56.1 Å². The van der Waals surface area contributed by atoms with Gasteiger partial charge in [0.2, 0.25) is 0 Å². The van der Waals surface area contributed by atoms with Crippen molar-refractivity contribution < 1.29 is 0 Å². The van der Waals surface area contributed by atoms with E-state index in [9.17, 15) is 10.5 Å². The second-order valence-electron chi connectivity index (χ2n) is 14.4. The van der Waals surface area contributed by atoms with Crippen molar-refractivity contribution in [2.75, 3.05) is 0 Å². The quantitative estimate of drug-likeness (QED) is 0.188. The Balaban J connectivity index is 1.19. The van der Waals surface area contributed by atoms with E-state index in [-0.39, 0.29) is 5.41 Å². The number of aromatic nitrogens is 3. The summed E-state index contributed by atoms with van der Waals surface area (Å²) in [7, 11) is 0. The molecule has 0 amide bonds. The maximum atomic E-state index is 9.30. The van der Waals surface area contributed by atoms with Gasteiger partial charge in [0, 0.05) is 16.7 Å². The van der Waals surface area contributed by atoms with Gasteiger partial charge in [0.1, 0.15) is 0 Å². The molecular weight excluding hydrogens is 599 g/mol. The monoisotopic (exact) mass is 635 g/mol. The van der Waals surface area contributed by atoms with Crippen LogP contribution in [-0.4, -0.2) is 15.0 Å². The van der Waals surface area contributed by atoms with Crippen LogP contribution in [0.4, 0.5) is 0 Å². The third-order valence-corrected chi connectivity index (χ3v) is 10.8. The summed E-state index contributed by atoms with van der Waals surface area (Å²) in [4.78, 5) is 14.6. The van der Waals surface area contributed by atoms with E-state index < -0.39 is 0 Å². The van der Waals surface area contributed by atoms with Gasteiger partial charge < -0.3 is 0 Å². The molecule has 5 aromatic carbocycles. The van der Waals surface area contributed by atoms with Crippen LogP contribution in [0, 0.1) is 40.4 Å². The lowest BCUT2D eigenvalue weighted by Gasteiger charge is -2.51. The lowest BCUT2D eigenvalue weighted by molar-refractivity contribution is 0.0790. The Bertz CT molecular complexity index is 2160. The number of hydrogen-bond donors (Lipinski definition) is 0. The largest absolute Gasteiger partial charge is 0.208 e. The van der Waals surface area contributed by atoms with Crippen LogP contribution >= 0.6 is 0 Å². The van der Waals surface area contributed by atoms with E-state index in [0.717, 1.165) is 40.0 Å². The molecular formula is C44H37N5. The van der Waals surface area contributed by atoms with Crippen molar-refractivity contribution >= 4 is 10.8 Å². The summed E-state index contributed by atoms with van der Waals surface area (Å²) in [6, 6.07) is 41.2. The highest BCUT2D eigenvalue weighted by atomic mass is 15.0. The molecule has 0 N–H and O–H groups in total. The van der Waals surface area contributed by atoms with Gasteiger partial charge in [-0.3, -0.25) is 0 Å². The minimum absolute atomic E-state index is 0.264. The predicted molar refractivity (Wildman–Crippen MR) is 195 cm³/mol. The second kappa shape index (κ2) is 12.4. The molecule has 238 valence electrons. The molecule has 0 spiro atoms. The van der Waals surface area contributed by atoms with Gasteiger partial charge in [0.15, 0.2) is 17.5 Å². The van der Waals surface area contributed by atoms with Crippen molar-refractivity contribution in [3.05, 3.63) is 126 Å². The fourth-order valence-corrected chi connectivity index (χ4v) is 9.00. The van der Waals surface area contributed by atoms with E-state index in [1.54, 1.807) is 29.8 Å². The molecule has 4 atom stereocenters. The van der Waals surface area contributed by atoms with Crippen molar-refractivity contribution in [1.29, 1.82) is 10.5 Å². The summed E-state index contributed by atoms with van der Waals surface area (Å²) in [6.45, 7) is 4.92. The van der Waals surface area contributed by atoms with Crippen molar-refractivity contribution in [2.45, 2.75) is 51.4 Å². The molecule has 5 nitrogen and oxygen atoms in total. The van der Waals surface area contributed by atoms with Gasteiger partial charge in [-0.05, 0) is 131 Å². The third-order valence-electron chi connectivity index (χ3n) is 10.8. The summed E-state index contributed by atoms with van der Waals surface area (Å²) < 4.78 is 0. The average Bonchev–Trinajstić information content (AvgIpc) is 3.13. The molecule has 0 saturated heterocycles. The Hall–Kier alpha value is -5.65. The average molecular weight is 636 g/mol. The fourth-order valence-electron chi connectivity index (χ4n) is 9.00. The zero-order valence-corrected chi connectivity index (χ0v) is 27.9. The first kappa shape index (κ1) is 30.7. The summed E-state index contributed by atoms with van der Waals surface area (Å²) in [5.74, 6) is 3.98. The molecule has 49 heavy (non-hydrogen) atoms. The molecule has 2 fully saturated rings. The molecule has 1 aromatic heterocycles. The normalized spacial score (nSPS) is 21.5. The molecule has 0 aliphatic heterocycles. The standard InChI is InChI=1S/C44H37N5/c1-28-21-32-22-29(2)24-44(23-28,25-32)40-20-19-37(38-5-3-4-6-39(38)40)33-15-17-36(18-16-33)43-48-41(34-11-7-30(26-45)8-12-34)47-42(49-43)35-13-9-31(27-46)10-14-35/h3-20,28-29,32H,21-25H2,1-2H3/t28-,29+,32?,44?. The molecule has 2 saturated carbocycles. The Morgan fingerprint density at radius 1 is 0.531 bits per heavy atom. The summed E-state index contributed by atoms with van der Waals surface area (Å²) >= 11 is 0. The highest BCUT2D eigenvalue weighted by Gasteiger charge is 2.45. The zero-order valence-electron chi connectivity index (χ0n) is 27.9. The van der Waals surface area contributed by atoms with Crippen molar-refractivity contribution in [3.8, 4) is 57.4 Å². The van der Waals surface area contributed by atoms with Crippen LogP contribution in [0.3, 0.4) is 0 Å². The van der Waals surface area contributed by atoms with Crippen LogP contribution in [0.2, 0.25) is 0 Å². The van der Waals surface area contributed by atoms with Crippen LogP contribution < -0.4 is 0 Å². The maximum Gasteiger partial charge on any atom is 0.164 e. The molecule has 2 aliphatic carbocycles. The molecule has 8 rings (SSSR count). The molecule has 1 heterocycles. The van der Waals surface area contributed by atoms with Gasteiger partial charge >= 0.3 is 0 Å². The number of rotatable bonds is 5. The number of nitrogens with zero attached hydrogens (tertiary/aromatic N) is 5. The van der Waals surface area contributed by atoms with Gasteiger partial charge in [0.05, 0.1) is 23.3 Å². The van der Waals surface area contributed by atoms with E-state index in [1.165, 1.54) is 48.4 Å². The minimum Gasteiger partial charge on any atom is -0.208 e. The molecule has 2 bridgehead atoms. The number of hydrogen-bond acceptors (Lipinski definition) is 5. The lowest BCUT2D eigenvalue weighted by atomic mass is 9.54. The van der Waals surface area contributed by atoms with Crippen LogP contribution in [0.15, 0.2) is 109 Å². The highest BCUT2D eigenvalue weighted by molar-refractivity contribution is 5.99. The summed E-state index contributed by atoms with van der Waals surface area (Å²) in [6.07, 6.45) is 6.64. The van der Waals surface area contributed by atoms with E-state index in [1.807, 2.05) is 24.3 Å². The number of nitriles is 2. The van der Waals surface area contributed by atoms with Crippen molar-refractivity contribution in [3.63, 3.8) is 0 Å². The minimum atomic E-state index is 0.264. The molecule has 0 radical (unpaired) electrons. The van der Waals surface area contributed by atoms with Gasteiger partial charge in [0.25, 0.3) is 0 Å². The second-order valence-corrected chi connectivity index (χ2v) is 14.4. The number of benzene rings is 5. The van der Waals surface area contributed by atoms with E-state index >= 15 is 0 Å². The zero-order chi connectivity index (χ0) is 33.5. The lowest BCUT2D eigenvalue weighted by Crippen LogP contribution is -2.42. The van der Waals surface area contributed by atoms with E-state index in [0.29, 0.717) is 28.6 Å². The predicted octanol–water partition coefficient (Wildman–Crippen LogP) is 10.5. The fraction of sp³-hybridized carbons (Fsp3) is 0.250. The first-order chi connectivity index (χ1) is 23.9. The Kier molecular flexibility index (Phi) is 7.77. The van der Waals surface area contributed by atoms with Crippen LogP contribution in [0.1, 0.15) is 62.6 Å². The maximum absolute atomic E-state index is 9.30. The first-order valence-corrected chi connectivity index (χ1v) is 17.3. The van der Waals surface area contributed by atoms with E-state index in [2.05, 4.69) is 86.6 Å². The number of fused-ring (bicyclic) bond motifs is 3. The third kappa shape index (κ3) is 5.77. The molecule has 6 aromatic rings. The van der Waals surface area contributed by atoms with Gasteiger partial charge in [-0.1, -0.05) is 74.5 Å². The first-order valence-electron chi connectivity index (χ1n) is 17.3. The summed E-state index contributed by atoms with van der Waals surface area (Å²) in [5.41, 5.74) is 7.83. The van der Waals surface area contributed by atoms with Gasteiger partial charge in [-0.25, -0.2) is 15.0 Å². The highest BCUT2D eigenvalue weighted by Crippen LogP contribution is 2.55. The molecule has 2 unspecified atom stereocenters. The molecule has 5 heteroatoms. The Morgan fingerprint density at radius 3 is 1.47 bits per heavy atom. The van der Waals surface area contributed by atoms with Gasteiger partial charge in [-0.2, -0.15) is 10.5 Å². The van der Waals surface area contributed by atoms with E-state index in [4.69, 9.17) is 15.0 Å². The smallest absolute Gasteiger partial charge is 0.164 e. The Morgan fingerprint density at radius 2 is 0.980 bits per heavy atom. The summed E-state index contributed by atoms with van der Waals surface area (Å²) in [5, 5.41) is 21.3. The SMILES string of the molecule is C[C@@H]1CC2C[C@H](C)CC(c3ccc(-c4ccc(-c5nc(-c6ccc(C#N)cc6)nc(-c6ccc(C#N)cc6)n5)cc4)c4ccccc34)(C2)C1. The molecule has 2 aliphatic rings. The topological polar surface area (TPSA) is 86.2 Å². The van der Waals surface area contributed by atoms with Crippen molar-refractivity contribution in [1.82, 2.24) is 15.0 Å². The Labute approximate surface area is 288 Å². The van der Waals surface area contributed by atoms with Crippen LogP contribution in [0.5, 0.6) is 0 Å².